The number of rotatable bonds is 3. The first-order chi connectivity index (χ1) is 12.4. The van der Waals surface area contributed by atoms with Gasteiger partial charge in [-0.25, -0.2) is 9.97 Å². The summed E-state index contributed by atoms with van der Waals surface area (Å²) in [6.45, 7) is 0.505. The number of fused-ring (bicyclic) bond motifs is 1. The quantitative estimate of drug-likeness (QED) is 0.548. The third-order valence-corrected chi connectivity index (χ3v) is 4.68. The van der Waals surface area contributed by atoms with Crippen LogP contribution in [0.1, 0.15) is 5.56 Å². The highest BCUT2D eigenvalue weighted by molar-refractivity contribution is 6.29. The van der Waals surface area contributed by atoms with Crippen molar-refractivity contribution in [3.63, 3.8) is 0 Å². The molecule has 0 amide bonds. The van der Waals surface area contributed by atoms with Crippen molar-refractivity contribution in [2.45, 2.75) is 6.54 Å². The molecule has 3 aromatic heterocycles. The maximum atomic E-state index is 8.34. The second-order valence-electron chi connectivity index (χ2n) is 6.01. The van der Waals surface area contributed by atoms with Crippen molar-refractivity contribution in [2.24, 2.45) is 14.1 Å². The van der Waals surface area contributed by atoms with E-state index in [1.165, 1.54) is 0 Å². The largest absolute Gasteiger partial charge is 0.332 e. The number of aromatic nitrogens is 6. The van der Waals surface area contributed by atoms with Crippen LogP contribution in [0, 0.1) is 5.41 Å². The lowest BCUT2D eigenvalue weighted by atomic mass is 10.1. The van der Waals surface area contributed by atoms with Gasteiger partial charge in [0.2, 0.25) is 10.9 Å². The Labute approximate surface area is 159 Å². The number of imidazole rings is 2. The molecule has 7 nitrogen and oxygen atoms in total. The zero-order chi connectivity index (χ0) is 18.4. The monoisotopic (exact) mass is 387 g/mol. The SMILES string of the molecule is Cn1cc(Cl)nc1-c1ccc(Cn2c(=N)n(C)c3cnc(Cl)nc32)cc1. The first kappa shape index (κ1) is 16.8. The molecule has 0 aliphatic carbocycles. The average molecular weight is 388 g/mol. The van der Waals surface area contributed by atoms with Crippen LogP contribution in [0.15, 0.2) is 36.7 Å². The van der Waals surface area contributed by atoms with Crippen molar-refractivity contribution in [3.8, 4) is 11.4 Å². The number of benzene rings is 1. The maximum absolute atomic E-state index is 8.34. The summed E-state index contributed by atoms with van der Waals surface area (Å²) in [4.78, 5) is 12.6. The van der Waals surface area contributed by atoms with E-state index in [1.807, 2.05) is 42.9 Å². The zero-order valence-corrected chi connectivity index (χ0v) is 15.6. The number of hydrogen-bond donors (Lipinski definition) is 1. The van der Waals surface area contributed by atoms with Gasteiger partial charge in [-0.05, 0) is 17.2 Å². The molecule has 3 heterocycles. The van der Waals surface area contributed by atoms with Crippen LogP contribution in [0.25, 0.3) is 22.6 Å². The van der Waals surface area contributed by atoms with Gasteiger partial charge in [-0.3, -0.25) is 9.98 Å². The Balaban J connectivity index is 1.71. The number of aryl methyl sites for hydroxylation is 2. The van der Waals surface area contributed by atoms with Crippen LogP contribution in [0.2, 0.25) is 10.4 Å². The minimum Gasteiger partial charge on any atom is -0.332 e. The number of halogens is 2. The lowest BCUT2D eigenvalue weighted by Gasteiger charge is -2.06. The standard InChI is InChI=1S/C17H15Cl2N7/c1-24-9-13(18)22-14(24)11-5-3-10(4-6-11)8-26-15-12(25(2)17(26)20)7-21-16(19)23-15/h3-7,9,20H,8H2,1-2H3. The molecule has 4 aromatic rings. The van der Waals surface area contributed by atoms with Crippen molar-refractivity contribution < 1.29 is 0 Å². The lowest BCUT2D eigenvalue weighted by molar-refractivity contribution is 0.691. The summed E-state index contributed by atoms with van der Waals surface area (Å²) >= 11 is 11.9. The molecule has 0 spiro atoms. The maximum Gasteiger partial charge on any atom is 0.224 e. The van der Waals surface area contributed by atoms with E-state index in [9.17, 15) is 0 Å². The Morgan fingerprint density at radius 2 is 1.81 bits per heavy atom. The van der Waals surface area contributed by atoms with E-state index >= 15 is 0 Å². The van der Waals surface area contributed by atoms with Gasteiger partial charge < -0.3 is 9.13 Å². The minimum absolute atomic E-state index is 0.166. The first-order valence-corrected chi connectivity index (χ1v) is 8.60. The molecule has 0 radical (unpaired) electrons. The molecule has 26 heavy (non-hydrogen) atoms. The van der Waals surface area contributed by atoms with Crippen LogP contribution in [0.4, 0.5) is 0 Å². The fourth-order valence-corrected chi connectivity index (χ4v) is 3.32. The van der Waals surface area contributed by atoms with Gasteiger partial charge in [0.1, 0.15) is 16.5 Å². The van der Waals surface area contributed by atoms with E-state index in [-0.39, 0.29) is 5.28 Å². The van der Waals surface area contributed by atoms with Gasteiger partial charge >= 0.3 is 0 Å². The number of nitrogens with one attached hydrogen (secondary N) is 1. The van der Waals surface area contributed by atoms with Crippen LogP contribution in [0.3, 0.4) is 0 Å². The summed E-state index contributed by atoms with van der Waals surface area (Å²) < 4.78 is 5.42. The molecule has 132 valence electrons. The summed E-state index contributed by atoms with van der Waals surface area (Å²) in [6.07, 6.45) is 3.40. The molecule has 9 heteroatoms. The molecule has 0 saturated carbocycles. The summed E-state index contributed by atoms with van der Waals surface area (Å²) in [6, 6.07) is 7.99. The predicted octanol–water partition coefficient (Wildman–Crippen LogP) is 3.00. The summed E-state index contributed by atoms with van der Waals surface area (Å²) in [5.41, 5.74) is 3.74. The Bertz CT molecular complexity index is 1170. The van der Waals surface area contributed by atoms with Crippen LogP contribution in [-0.2, 0) is 20.6 Å². The molecule has 0 unspecified atom stereocenters. The van der Waals surface area contributed by atoms with Gasteiger partial charge in [0.05, 0.1) is 12.7 Å². The highest BCUT2D eigenvalue weighted by atomic mass is 35.5. The molecule has 0 aliphatic heterocycles. The summed E-state index contributed by atoms with van der Waals surface area (Å²) in [5.74, 6) is 0.806. The topological polar surface area (TPSA) is 77.3 Å². The third-order valence-electron chi connectivity index (χ3n) is 4.31. The van der Waals surface area contributed by atoms with Gasteiger partial charge in [-0.15, -0.1) is 0 Å². The Kier molecular flexibility index (Phi) is 4.05. The predicted molar refractivity (Wildman–Crippen MR) is 100 cm³/mol. The van der Waals surface area contributed by atoms with Crippen molar-refractivity contribution in [1.82, 2.24) is 28.7 Å². The van der Waals surface area contributed by atoms with Gasteiger partial charge in [0.15, 0.2) is 5.65 Å². The molecule has 0 aliphatic rings. The van der Waals surface area contributed by atoms with Crippen LogP contribution in [-0.4, -0.2) is 28.7 Å². The van der Waals surface area contributed by atoms with E-state index in [0.717, 1.165) is 22.5 Å². The van der Waals surface area contributed by atoms with E-state index < -0.39 is 0 Å². The van der Waals surface area contributed by atoms with Gasteiger partial charge in [-0.1, -0.05) is 35.9 Å². The van der Waals surface area contributed by atoms with Crippen molar-refractivity contribution >= 4 is 34.4 Å². The van der Waals surface area contributed by atoms with E-state index in [2.05, 4.69) is 15.0 Å². The molecule has 1 aromatic carbocycles. The molecule has 0 bridgehead atoms. The zero-order valence-electron chi connectivity index (χ0n) is 14.1. The third kappa shape index (κ3) is 2.79. The van der Waals surface area contributed by atoms with E-state index in [1.54, 1.807) is 21.5 Å². The minimum atomic E-state index is 0.166. The lowest BCUT2D eigenvalue weighted by Crippen LogP contribution is -2.23. The second-order valence-corrected chi connectivity index (χ2v) is 6.74. The molecule has 1 N–H and O–H groups in total. The average Bonchev–Trinajstić information content (AvgIpc) is 3.07. The van der Waals surface area contributed by atoms with Gasteiger partial charge in [0, 0.05) is 25.9 Å². The first-order valence-electron chi connectivity index (χ1n) is 7.84. The highest BCUT2D eigenvalue weighted by Crippen LogP contribution is 2.21. The number of nitrogens with zero attached hydrogens (tertiary/aromatic N) is 6. The second kappa shape index (κ2) is 6.26. The summed E-state index contributed by atoms with van der Waals surface area (Å²) in [7, 11) is 3.72. The van der Waals surface area contributed by atoms with Gasteiger partial charge in [-0.2, -0.15) is 4.98 Å². The van der Waals surface area contributed by atoms with Crippen LogP contribution >= 0.6 is 23.2 Å². The van der Waals surface area contributed by atoms with Gasteiger partial charge in [0.25, 0.3) is 0 Å². The van der Waals surface area contributed by atoms with Crippen molar-refractivity contribution in [3.05, 3.63) is 58.3 Å². The molecule has 0 atom stereocenters. The van der Waals surface area contributed by atoms with E-state index in [0.29, 0.717) is 23.0 Å². The molecular weight excluding hydrogens is 373 g/mol. The van der Waals surface area contributed by atoms with Crippen molar-refractivity contribution in [2.75, 3.05) is 0 Å². The van der Waals surface area contributed by atoms with Crippen molar-refractivity contribution in [1.29, 1.82) is 5.41 Å². The normalized spacial score (nSPS) is 11.4. The Morgan fingerprint density at radius 1 is 1.08 bits per heavy atom. The van der Waals surface area contributed by atoms with E-state index in [4.69, 9.17) is 28.6 Å². The summed E-state index contributed by atoms with van der Waals surface area (Å²) in [5, 5.41) is 8.97. The molecule has 4 rings (SSSR count). The van der Waals surface area contributed by atoms with Crippen LogP contribution in [0.5, 0.6) is 0 Å². The van der Waals surface area contributed by atoms with Crippen LogP contribution < -0.4 is 5.62 Å². The smallest absolute Gasteiger partial charge is 0.224 e. The fourth-order valence-electron chi connectivity index (χ4n) is 2.97. The fraction of sp³-hybridized carbons (Fsp3) is 0.176. The molecule has 0 fully saturated rings. The number of hydrogen-bond acceptors (Lipinski definition) is 4. The molecule has 0 saturated heterocycles. The molecular formula is C17H15Cl2N7. The Morgan fingerprint density at radius 3 is 2.46 bits per heavy atom. The Hall–Kier alpha value is -2.64. The highest BCUT2D eigenvalue weighted by Gasteiger charge is 2.12.